The zero-order valence-corrected chi connectivity index (χ0v) is 14.0. The SMILES string of the molecule is O=C(CSc1ccccc1Cl)Nc1nc2c(s1)C(=O)CCC2. The first kappa shape index (κ1) is 15.5. The van der Waals surface area contributed by atoms with E-state index in [9.17, 15) is 9.59 Å². The van der Waals surface area contributed by atoms with Gasteiger partial charge in [0.25, 0.3) is 0 Å². The van der Waals surface area contributed by atoms with Gasteiger partial charge in [0.15, 0.2) is 10.9 Å². The van der Waals surface area contributed by atoms with Crippen molar-refractivity contribution in [3.8, 4) is 0 Å². The third kappa shape index (κ3) is 3.51. The van der Waals surface area contributed by atoms with Crippen molar-refractivity contribution in [2.45, 2.75) is 24.2 Å². The summed E-state index contributed by atoms with van der Waals surface area (Å²) in [5.41, 5.74) is 0.815. The number of nitrogens with one attached hydrogen (secondary N) is 1. The summed E-state index contributed by atoms with van der Waals surface area (Å²) in [4.78, 5) is 29.7. The third-order valence-electron chi connectivity index (χ3n) is 3.21. The molecular weight excluding hydrogens is 340 g/mol. The van der Waals surface area contributed by atoms with Crippen molar-refractivity contribution in [2.24, 2.45) is 0 Å². The van der Waals surface area contributed by atoms with Gasteiger partial charge in [-0.25, -0.2) is 4.98 Å². The second-order valence-electron chi connectivity index (χ2n) is 4.84. The molecule has 0 spiro atoms. The molecule has 1 aliphatic rings. The standard InChI is InChI=1S/C15H13ClN2O2S2/c16-9-4-1-2-7-12(9)21-8-13(20)18-15-17-10-5-3-6-11(19)14(10)22-15/h1-2,4,7H,3,5-6,8H2,(H,17,18,20). The zero-order chi connectivity index (χ0) is 15.5. The molecule has 0 unspecified atom stereocenters. The van der Waals surface area contributed by atoms with Crippen LogP contribution in [-0.4, -0.2) is 22.4 Å². The van der Waals surface area contributed by atoms with E-state index in [1.54, 1.807) is 6.07 Å². The number of aromatic nitrogens is 1. The van der Waals surface area contributed by atoms with Gasteiger partial charge >= 0.3 is 0 Å². The van der Waals surface area contributed by atoms with Gasteiger partial charge < -0.3 is 5.32 Å². The van der Waals surface area contributed by atoms with Crippen LogP contribution < -0.4 is 5.32 Å². The van der Waals surface area contributed by atoms with Gasteiger partial charge in [0.05, 0.1) is 21.3 Å². The first-order valence-electron chi connectivity index (χ1n) is 6.83. The summed E-state index contributed by atoms with van der Waals surface area (Å²) in [5, 5.41) is 3.90. The van der Waals surface area contributed by atoms with E-state index in [4.69, 9.17) is 11.6 Å². The number of ketones is 1. The quantitative estimate of drug-likeness (QED) is 0.843. The predicted octanol–water partition coefficient (Wildman–Crippen LogP) is 4.05. The van der Waals surface area contributed by atoms with Gasteiger partial charge in [-0.2, -0.15) is 0 Å². The van der Waals surface area contributed by atoms with E-state index in [2.05, 4.69) is 10.3 Å². The number of fused-ring (bicyclic) bond motifs is 1. The molecule has 1 aromatic carbocycles. The van der Waals surface area contributed by atoms with Crippen molar-refractivity contribution < 1.29 is 9.59 Å². The summed E-state index contributed by atoms with van der Waals surface area (Å²) in [6.45, 7) is 0. The van der Waals surface area contributed by atoms with Crippen LogP contribution in [0.4, 0.5) is 5.13 Å². The molecule has 1 N–H and O–H groups in total. The van der Waals surface area contributed by atoms with Gasteiger partial charge in [-0.3, -0.25) is 9.59 Å². The number of rotatable bonds is 4. The van der Waals surface area contributed by atoms with Crippen molar-refractivity contribution >= 4 is 51.5 Å². The Labute approximate surface area is 141 Å². The van der Waals surface area contributed by atoms with Gasteiger partial charge in [0.1, 0.15) is 0 Å². The maximum absolute atomic E-state index is 12.0. The number of anilines is 1. The van der Waals surface area contributed by atoms with Crippen LogP contribution in [0.1, 0.15) is 28.2 Å². The van der Waals surface area contributed by atoms with Crippen LogP contribution in [0.25, 0.3) is 0 Å². The van der Waals surface area contributed by atoms with Crippen molar-refractivity contribution in [1.29, 1.82) is 0 Å². The summed E-state index contributed by atoms with van der Waals surface area (Å²) in [5.74, 6) is 0.232. The normalized spacial score (nSPS) is 13.8. The minimum absolute atomic E-state index is 0.129. The molecule has 22 heavy (non-hydrogen) atoms. The molecule has 0 saturated heterocycles. The number of halogens is 1. The van der Waals surface area contributed by atoms with E-state index in [0.29, 0.717) is 21.5 Å². The molecular formula is C15H13ClN2O2S2. The maximum Gasteiger partial charge on any atom is 0.236 e. The van der Waals surface area contributed by atoms with Crippen molar-refractivity contribution in [3.63, 3.8) is 0 Å². The van der Waals surface area contributed by atoms with Crippen LogP contribution in [0.2, 0.25) is 5.02 Å². The lowest BCUT2D eigenvalue weighted by Crippen LogP contribution is -2.13. The smallest absolute Gasteiger partial charge is 0.236 e. The number of carbonyl (C=O) groups is 2. The van der Waals surface area contributed by atoms with Gasteiger partial charge in [-0.1, -0.05) is 35.1 Å². The monoisotopic (exact) mass is 352 g/mol. The Hall–Kier alpha value is -1.37. The molecule has 7 heteroatoms. The van der Waals surface area contributed by atoms with Gasteiger partial charge in [0.2, 0.25) is 5.91 Å². The summed E-state index contributed by atoms with van der Waals surface area (Å²) in [6.07, 6.45) is 2.22. The van der Waals surface area contributed by atoms with Gasteiger partial charge in [-0.05, 0) is 25.0 Å². The highest BCUT2D eigenvalue weighted by atomic mass is 35.5. The average Bonchev–Trinajstić information content (AvgIpc) is 2.90. The highest BCUT2D eigenvalue weighted by Crippen LogP contribution is 2.30. The fourth-order valence-corrected chi connectivity index (χ4v) is 4.22. The third-order valence-corrected chi connectivity index (χ3v) is 5.78. The lowest BCUT2D eigenvalue weighted by atomic mass is 10.0. The molecule has 4 nitrogen and oxygen atoms in total. The van der Waals surface area contributed by atoms with Crippen molar-refractivity contribution in [2.75, 3.05) is 11.1 Å². The number of hydrogen-bond donors (Lipinski definition) is 1. The van der Waals surface area contributed by atoms with E-state index >= 15 is 0 Å². The Morgan fingerprint density at radius 3 is 2.95 bits per heavy atom. The van der Waals surface area contributed by atoms with E-state index in [1.807, 2.05) is 18.2 Å². The molecule has 2 aromatic rings. The first-order chi connectivity index (χ1) is 10.6. The van der Waals surface area contributed by atoms with Gasteiger partial charge in [-0.15, -0.1) is 11.8 Å². The molecule has 3 rings (SSSR count). The molecule has 114 valence electrons. The van der Waals surface area contributed by atoms with Crippen molar-refractivity contribution in [1.82, 2.24) is 4.98 Å². The van der Waals surface area contributed by atoms with Gasteiger partial charge in [0, 0.05) is 11.3 Å². The maximum atomic E-state index is 12.0. The Morgan fingerprint density at radius 2 is 2.18 bits per heavy atom. The molecule has 1 amide bonds. The number of benzene rings is 1. The lowest BCUT2D eigenvalue weighted by molar-refractivity contribution is -0.113. The highest BCUT2D eigenvalue weighted by molar-refractivity contribution is 8.00. The summed E-state index contributed by atoms with van der Waals surface area (Å²) in [6, 6.07) is 7.40. The average molecular weight is 353 g/mol. The minimum Gasteiger partial charge on any atom is -0.301 e. The van der Waals surface area contributed by atoms with Crippen LogP contribution in [0.15, 0.2) is 29.2 Å². The summed E-state index contributed by atoms with van der Waals surface area (Å²) >= 11 is 8.70. The number of Topliss-reactive ketones (excluding diaryl/α,β-unsaturated/α-hetero) is 1. The molecule has 0 radical (unpaired) electrons. The topological polar surface area (TPSA) is 59.1 Å². The van der Waals surface area contributed by atoms with Crippen LogP contribution in [-0.2, 0) is 11.2 Å². The largest absolute Gasteiger partial charge is 0.301 e. The molecule has 0 bridgehead atoms. The number of aryl methyl sites for hydroxylation is 1. The van der Waals surface area contributed by atoms with E-state index in [-0.39, 0.29) is 17.4 Å². The molecule has 0 fully saturated rings. The Bertz CT molecular complexity index is 730. The molecule has 1 heterocycles. The number of thiazole rings is 1. The molecule has 0 aliphatic heterocycles. The molecule has 0 saturated carbocycles. The number of nitrogens with zero attached hydrogens (tertiary/aromatic N) is 1. The fourth-order valence-electron chi connectivity index (χ4n) is 2.18. The molecule has 0 atom stereocenters. The zero-order valence-electron chi connectivity index (χ0n) is 11.6. The summed E-state index contributed by atoms with van der Waals surface area (Å²) in [7, 11) is 0. The lowest BCUT2D eigenvalue weighted by Gasteiger charge is -2.05. The van der Waals surface area contributed by atoms with E-state index in [0.717, 1.165) is 23.4 Å². The Balaban J connectivity index is 1.60. The fraction of sp³-hybridized carbons (Fsp3) is 0.267. The Kier molecular flexibility index (Phi) is 4.81. The number of carbonyl (C=O) groups excluding carboxylic acids is 2. The highest BCUT2D eigenvalue weighted by Gasteiger charge is 2.22. The van der Waals surface area contributed by atoms with Crippen LogP contribution in [0, 0.1) is 0 Å². The minimum atomic E-state index is -0.150. The molecule has 1 aromatic heterocycles. The van der Waals surface area contributed by atoms with Crippen LogP contribution >= 0.6 is 34.7 Å². The van der Waals surface area contributed by atoms with Crippen molar-refractivity contribution in [3.05, 3.63) is 39.9 Å². The number of amides is 1. The first-order valence-corrected chi connectivity index (χ1v) is 9.01. The second kappa shape index (κ2) is 6.81. The predicted molar refractivity (Wildman–Crippen MR) is 90.2 cm³/mol. The van der Waals surface area contributed by atoms with E-state index < -0.39 is 0 Å². The van der Waals surface area contributed by atoms with E-state index in [1.165, 1.54) is 23.1 Å². The number of thioether (sulfide) groups is 1. The summed E-state index contributed by atoms with van der Waals surface area (Å²) < 4.78 is 0. The van der Waals surface area contributed by atoms with Crippen LogP contribution in [0.5, 0.6) is 0 Å². The Morgan fingerprint density at radius 1 is 1.36 bits per heavy atom. The van der Waals surface area contributed by atoms with Crippen LogP contribution in [0.3, 0.4) is 0 Å². The molecule has 1 aliphatic carbocycles. The number of hydrogen-bond acceptors (Lipinski definition) is 5. The second-order valence-corrected chi connectivity index (χ2v) is 7.26.